The van der Waals surface area contributed by atoms with Crippen molar-refractivity contribution in [1.29, 1.82) is 0 Å². The molecule has 0 saturated carbocycles. The van der Waals surface area contributed by atoms with Crippen molar-refractivity contribution in [3.8, 4) is 0 Å². The summed E-state index contributed by atoms with van der Waals surface area (Å²) in [6.07, 6.45) is 3.45. The van der Waals surface area contributed by atoms with Crippen LogP contribution < -0.4 is 0 Å². The zero-order valence-electron chi connectivity index (χ0n) is 11.3. The fraction of sp³-hybridized carbons (Fsp3) is 0.750. The Morgan fingerprint density at radius 2 is 2.11 bits per heavy atom. The molecule has 7 heteroatoms. The average Bonchev–Trinajstić information content (AvgIpc) is 2.59. The molecule has 0 amide bonds. The van der Waals surface area contributed by atoms with E-state index >= 15 is 0 Å². The molecular formula is C12H20N2O4S. The summed E-state index contributed by atoms with van der Waals surface area (Å²) >= 11 is 0. The van der Waals surface area contributed by atoms with Gasteiger partial charge in [0.25, 0.3) is 0 Å². The smallest absolute Gasteiger partial charge is 0.248 e. The van der Waals surface area contributed by atoms with Gasteiger partial charge in [-0.2, -0.15) is 4.31 Å². The van der Waals surface area contributed by atoms with Gasteiger partial charge in [0, 0.05) is 12.6 Å². The molecule has 0 aliphatic carbocycles. The normalized spacial score (nSPS) is 22.4. The molecule has 2 rings (SSSR count). The number of nitrogens with zero attached hydrogens (tertiary/aromatic N) is 2. The van der Waals surface area contributed by atoms with Crippen LogP contribution in [0.5, 0.6) is 0 Å². The van der Waals surface area contributed by atoms with Gasteiger partial charge in [0.2, 0.25) is 10.0 Å². The molecule has 0 spiro atoms. The predicted octanol–water partition coefficient (Wildman–Crippen LogP) is 1.22. The Kier molecular flexibility index (Phi) is 4.27. The molecule has 19 heavy (non-hydrogen) atoms. The number of aliphatic hydroxyl groups excluding tert-OH is 1. The highest BCUT2D eigenvalue weighted by atomic mass is 32.2. The highest BCUT2D eigenvalue weighted by Gasteiger charge is 2.35. The maximum absolute atomic E-state index is 12.7. The van der Waals surface area contributed by atoms with Crippen molar-refractivity contribution < 1.29 is 18.0 Å². The van der Waals surface area contributed by atoms with Gasteiger partial charge >= 0.3 is 0 Å². The molecule has 0 aromatic carbocycles. The van der Waals surface area contributed by atoms with Gasteiger partial charge in [-0.3, -0.25) is 0 Å². The van der Waals surface area contributed by atoms with Gasteiger partial charge < -0.3 is 9.63 Å². The molecule has 1 unspecified atom stereocenters. The van der Waals surface area contributed by atoms with Crippen LogP contribution in [0.1, 0.15) is 37.1 Å². The molecule has 108 valence electrons. The van der Waals surface area contributed by atoms with Crippen LogP contribution in [0.25, 0.3) is 0 Å². The first-order chi connectivity index (χ1) is 8.98. The fourth-order valence-corrected chi connectivity index (χ4v) is 4.59. The molecule has 1 aromatic heterocycles. The number of rotatable bonds is 3. The number of sulfonamides is 1. The van der Waals surface area contributed by atoms with E-state index < -0.39 is 10.0 Å². The topological polar surface area (TPSA) is 83.6 Å². The summed E-state index contributed by atoms with van der Waals surface area (Å²) in [5, 5.41) is 13.1. The van der Waals surface area contributed by atoms with E-state index in [0.29, 0.717) is 24.4 Å². The van der Waals surface area contributed by atoms with Crippen LogP contribution in [0, 0.1) is 13.8 Å². The number of hydrogen-bond donors (Lipinski definition) is 1. The second kappa shape index (κ2) is 5.60. The lowest BCUT2D eigenvalue weighted by Gasteiger charge is -2.27. The molecule has 1 N–H and O–H groups in total. The maximum atomic E-state index is 12.7. The second-order valence-corrected chi connectivity index (χ2v) is 6.78. The van der Waals surface area contributed by atoms with E-state index in [4.69, 9.17) is 4.52 Å². The van der Waals surface area contributed by atoms with Crippen LogP contribution >= 0.6 is 0 Å². The first-order valence-electron chi connectivity index (χ1n) is 6.54. The van der Waals surface area contributed by atoms with Crippen LogP contribution in [0.2, 0.25) is 0 Å². The van der Waals surface area contributed by atoms with E-state index in [2.05, 4.69) is 5.16 Å². The number of aromatic nitrogens is 1. The Bertz CT molecular complexity index is 518. The van der Waals surface area contributed by atoms with E-state index in [1.807, 2.05) is 0 Å². The molecule has 1 aromatic rings. The van der Waals surface area contributed by atoms with Crippen LogP contribution in [0.15, 0.2) is 9.42 Å². The van der Waals surface area contributed by atoms with Gasteiger partial charge in [-0.15, -0.1) is 0 Å². The first kappa shape index (κ1) is 14.5. The molecule has 2 heterocycles. The van der Waals surface area contributed by atoms with Crippen LogP contribution in [0.3, 0.4) is 0 Å². The highest BCUT2D eigenvalue weighted by molar-refractivity contribution is 7.89. The van der Waals surface area contributed by atoms with Crippen molar-refractivity contribution in [3.63, 3.8) is 0 Å². The van der Waals surface area contributed by atoms with Crippen LogP contribution in [-0.4, -0.2) is 42.2 Å². The van der Waals surface area contributed by atoms with Crippen molar-refractivity contribution >= 4 is 10.0 Å². The summed E-state index contributed by atoms with van der Waals surface area (Å²) in [5.74, 6) is 0.304. The van der Waals surface area contributed by atoms with Crippen molar-refractivity contribution in [2.24, 2.45) is 0 Å². The Morgan fingerprint density at radius 3 is 2.68 bits per heavy atom. The maximum Gasteiger partial charge on any atom is 0.248 e. The van der Waals surface area contributed by atoms with Crippen LogP contribution in [0.4, 0.5) is 0 Å². The Labute approximate surface area is 113 Å². The van der Waals surface area contributed by atoms with Gasteiger partial charge in [0.05, 0.1) is 6.61 Å². The SMILES string of the molecule is Cc1noc(C)c1S(=O)(=O)N1CCCCCC1CO. The van der Waals surface area contributed by atoms with Crippen LogP contribution in [-0.2, 0) is 10.0 Å². The molecular weight excluding hydrogens is 268 g/mol. The number of aryl methyl sites for hydroxylation is 2. The largest absolute Gasteiger partial charge is 0.395 e. The Balaban J connectivity index is 2.42. The summed E-state index contributed by atoms with van der Waals surface area (Å²) in [5.41, 5.74) is 0.374. The summed E-state index contributed by atoms with van der Waals surface area (Å²) in [7, 11) is -3.65. The van der Waals surface area contributed by atoms with Crippen molar-refractivity contribution in [2.75, 3.05) is 13.2 Å². The molecule has 1 saturated heterocycles. The average molecular weight is 288 g/mol. The first-order valence-corrected chi connectivity index (χ1v) is 7.98. The van der Waals surface area contributed by atoms with Gasteiger partial charge in [-0.05, 0) is 26.7 Å². The summed E-state index contributed by atoms with van der Waals surface area (Å²) in [4.78, 5) is 0.146. The quantitative estimate of drug-likeness (QED) is 0.904. The van der Waals surface area contributed by atoms with Crippen molar-refractivity contribution in [3.05, 3.63) is 11.5 Å². The molecule has 1 aliphatic heterocycles. The Hall–Kier alpha value is -0.920. The zero-order chi connectivity index (χ0) is 14.0. The molecule has 0 bridgehead atoms. The predicted molar refractivity (Wildman–Crippen MR) is 69.2 cm³/mol. The zero-order valence-corrected chi connectivity index (χ0v) is 12.1. The van der Waals surface area contributed by atoms with Crippen molar-refractivity contribution in [2.45, 2.75) is 50.5 Å². The van der Waals surface area contributed by atoms with Gasteiger partial charge in [0.15, 0.2) is 5.76 Å². The lowest BCUT2D eigenvalue weighted by Crippen LogP contribution is -2.42. The van der Waals surface area contributed by atoms with E-state index in [-0.39, 0.29) is 17.5 Å². The van der Waals surface area contributed by atoms with E-state index in [9.17, 15) is 13.5 Å². The minimum absolute atomic E-state index is 0.146. The molecule has 1 aliphatic rings. The third kappa shape index (κ3) is 2.68. The van der Waals surface area contributed by atoms with Gasteiger partial charge in [-0.25, -0.2) is 8.42 Å². The molecule has 1 fully saturated rings. The number of aliphatic hydroxyl groups is 1. The van der Waals surface area contributed by atoms with E-state index in [1.54, 1.807) is 13.8 Å². The molecule has 1 atom stereocenters. The number of hydrogen-bond acceptors (Lipinski definition) is 5. The summed E-state index contributed by atoms with van der Waals surface area (Å²) < 4.78 is 31.8. The highest BCUT2D eigenvalue weighted by Crippen LogP contribution is 2.28. The van der Waals surface area contributed by atoms with Gasteiger partial charge in [0.1, 0.15) is 10.6 Å². The van der Waals surface area contributed by atoms with E-state index in [1.165, 1.54) is 4.31 Å². The molecule has 6 nitrogen and oxygen atoms in total. The minimum Gasteiger partial charge on any atom is -0.395 e. The standard InChI is InChI=1S/C12H20N2O4S/c1-9-12(10(2)18-13-9)19(16,17)14-7-5-3-4-6-11(14)8-15/h11,15H,3-8H2,1-2H3. The van der Waals surface area contributed by atoms with E-state index in [0.717, 1.165) is 19.3 Å². The summed E-state index contributed by atoms with van der Waals surface area (Å²) in [6, 6.07) is -0.346. The summed E-state index contributed by atoms with van der Waals surface area (Å²) in [6.45, 7) is 3.51. The second-order valence-electron chi connectivity index (χ2n) is 4.95. The lowest BCUT2D eigenvalue weighted by atomic mass is 10.1. The third-order valence-electron chi connectivity index (χ3n) is 3.57. The Morgan fingerprint density at radius 1 is 1.37 bits per heavy atom. The van der Waals surface area contributed by atoms with Crippen molar-refractivity contribution in [1.82, 2.24) is 9.46 Å². The fourth-order valence-electron chi connectivity index (χ4n) is 2.61. The third-order valence-corrected chi connectivity index (χ3v) is 5.77. The van der Waals surface area contributed by atoms with Gasteiger partial charge in [-0.1, -0.05) is 18.0 Å². The monoisotopic (exact) mass is 288 g/mol. The lowest BCUT2D eigenvalue weighted by molar-refractivity contribution is 0.186. The minimum atomic E-state index is -3.65. The molecule has 0 radical (unpaired) electrons.